The lowest BCUT2D eigenvalue weighted by molar-refractivity contribution is -0.121. The summed E-state index contributed by atoms with van der Waals surface area (Å²) in [6.45, 7) is 4.68. The van der Waals surface area contributed by atoms with Crippen LogP contribution in [0.2, 0.25) is 0 Å². The number of thioether (sulfide) groups is 1. The van der Waals surface area contributed by atoms with Crippen molar-refractivity contribution in [2.24, 2.45) is 5.92 Å². The van der Waals surface area contributed by atoms with Gasteiger partial charge in [-0.15, -0.1) is 0 Å². The average Bonchev–Trinajstić information content (AvgIpc) is 2.52. The monoisotopic (exact) mass is 300 g/mol. The minimum atomic E-state index is -0.136. The van der Waals surface area contributed by atoms with Gasteiger partial charge in [-0.3, -0.25) is 4.79 Å². The van der Waals surface area contributed by atoms with Gasteiger partial charge < -0.3 is 5.32 Å². The Morgan fingerprint density at radius 2 is 1.86 bits per heavy atom. The first kappa shape index (κ1) is 15.6. The lowest BCUT2D eigenvalue weighted by Gasteiger charge is -2.19. The Morgan fingerprint density at radius 1 is 1.14 bits per heavy atom. The first-order chi connectivity index (χ1) is 10.2. The van der Waals surface area contributed by atoms with E-state index in [-0.39, 0.29) is 17.1 Å². The number of pyridine rings is 1. The van der Waals surface area contributed by atoms with Gasteiger partial charge in [0.15, 0.2) is 0 Å². The van der Waals surface area contributed by atoms with Crippen molar-refractivity contribution in [1.82, 2.24) is 10.3 Å². The van der Waals surface area contributed by atoms with Gasteiger partial charge in [0, 0.05) is 12.7 Å². The van der Waals surface area contributed by atoms with Crippen LogP contribution in [0.3, 0.4) is 0 Å². The predicted octanol–water partition coefficient (Wildman–Crippen LogP) is 3.51. The number of nitrogens with one attached hydrogen (secondary N) is 1. The molecule has 2 aromatic rings. The van der Waals surface area contributed by atoms with E-state index in [9.17, 15) is 4.79 Å². The highest BCUT2D eigenvalue weighted by molar-refractivity contribution is 8.00. The Morgan fingerprint density at radius 3 is 2.48 bits per heavy atom. The highest BCUT2D eigenvalue weighted by Gasteiger charge is 2.23. The Kier molecular flexibility index (Phi) is 5.81. The number of aromatic nitrogens is 1. The van der Waals surface area contributed by atoms with Gasteiger partial charge in [0.1, 0.15) is 0 Å². The van der Waals surface area contributed by atoms with Gasteiger partial charge in [0.25, 0.3) is 0 Å². The van der Waals surface area contributed by atoms with E-state index in [2.05, 4.69) is 24.1 Å². The first-order valence-electron chi connectivity index (χ1n) is 7.06. The molecule has 0 aliphatic carbocycles. The van der Waals surface area contributed by atoms with Crippen LogP contribution in [0, 0.1) is 5.92 Å². The van der Waals surface area contributed by atoms with Crippen molar-refractivity contribution in [3.05, 3.63) is 60.3 Å². The summed E-state index contributed by atoms with van der Waals surface area (Å²) in [5, 5.41) is 3.76. The average molecular weight is 300 g/mol. The number of carbonyl (C=O) groups excluding carboxylic acids is 1. The molecule has 0 spiro atoms. The molecule has 0 fully saturated rings. The van der Waals surface area contributed by atoms with Crippen molar-refractivity contribution in [2.45, 2.75) is 30.7 Å². The molecule has 4 heteroatoms. The van der Waals surface area contributed by atoms with Crippen LogP contribution in [0.1, 0.15) is 19.4 Å². The highest BCUT2D eigenvalue weighted by atomic mass is 32.2. The van der Waals surface area contributed by atoms with Gasteiger partial charge in [0.05, 0.1) is 10.3 Å². The molecule has 1 amide bonds. The molecule has 110 valence electrons. The maximum absolute atomic E-state index is 12.4. The van der Waals surface area contributed by atoms with Crippen LogP contribution in [0.25, 0.3) is 0 Å². The zero-order valence-corrected chi connectivity index (χ0v) is 13.1. The molecule has 0 unspecified atom stereocenters. The summed E-state index contributed by atoms with van der Waals surface area (Å²) in [7, 11) is 0. The topological polar surface area (TPSA) is 42.0 Å². The van der Waals surface area contributed by atoms with Crippen molar-refractivity contribution in [1.29, 1.82) is 0 Å². The number of nitrogens with zero attached hydrogens (tertiary/aromatic N) is 1. The molecule has 0 saturated heterocycles. The second kappa shape index (κ2) is 7.84. The van der Waals surface area contributed by atoms with Gasteiger partial charge in [-0.2, -0.15) is 0 Å². The number of benzene rings is 1. The van der Waals surface area contributed by atoms with Gasteiger partial charge in [0.2, 0.25) is 5.91 Å². The van der Waals surface area contributed by atoms with Crippen LogP contribution in [0.15, 0.2) is 59.8 Å². The van der Waals surface area contributed by atoms with Crippen molar-refractivity contribution in [3.8, 4) is 0 Å². The van der Waals surface area contributed by atoms with E-state index in [0.717, 1.165) is 10.6 Å². The largest absolute Gasteiger partial charge is 0.351 e. The fourth-order valence-electron chi connectivity index (χ4n) is 1.92. The van der Waals surface area contributed by atoms with Crippen LogP contribution < -0.4 is 5.32 Å². The Labute approximate surface area is 130 Å². The lowest BCUT2D eigenvalue weighted by Crippen LogP contribution is -2.35. The van der Waals surface area contributed by atoms with Gasteiger partial charge >= 0.3 is 0 Å². The van der Waals surface area contributed by atoms with Crippen molar-refractivity contribution >= 4 is 17.7 Å². The van der Waals surface area contributed by atoms with Crippen LogP contribution in [-0.2, 0) is 11.3 Å². The van der Waals surface area contributed by atoms with Crippen molar-refractivity contribution in [3.63, 3.8) is 0 Å². The molecular formula is C17H20N2OS. The van der Waals surface area contributed by atoms with Crippen LogP contribution in [-0.4, -0.2) is 16.1 Å². The number of amides is 1. The zero-order valence-electron chi connectivity index (χ0n) is 12.3. The molecule has 0 aliphatic heterocycles. The van der Waals surface area contributed by atoms with Crippen LogP contribution in [0.4, 0.5) is 0 Å². The molecule has 1 aromatic carbocycles. The maximum atomic E-state index is 12.4. The summed E-state index contributed by atoms with van der Waals surface area (Å²) in [6.07, 6.45) is 1.75. The molecule has 0 saturated carbocycles. The fraction of sp³-hybridized carbons (Fsp3) is 0.294. The van der Waals surface area contributed by atoms with E-state index in [1.807, 2.05) is 48.5 Å². The molecule has 1 aromatic heterocycles. The van der Waals surface area contributed by atoms with Gasteiger partial charge in [-0.25, -0.2) is 4.98 Å². The van der Waals surface area contributed by atoms with Crippen LogP contribution >= 0.6 is 11.8 Å². The molecule has 0 radical (unpaired) electrons. The molecule has 21 heavy (non-hydrogen) atoms. The molecule has 0 aliphatic rings. The quantitative estimate of drug-likeness (QED) is 0.830. The van der Waals surface area contributed by atoms with E-state index in [1.54, 1.807) is 6.20 Å². The lowest BCUT2D eigenvalue weighted by atomic mass is 10.1. The summed E-state index contributed by atoms with van der Waals surface area (Å²) in [4.78, 5) is 16.7. The molecule has 2 rings (SSSR count). The molecule has 3 nitrogen and oxygen atoms in total. The number of hydrogen-bond acceptors (Lipinski definition) is 3. The summed E-state index contributed by atoms with van der Waals surface area (Å²) in [6, 6.07) is 15.7. The standard InChI is InChI=1S/C17H20N2OS/c1-13(2)16(21-15-10-6-7-11-18-15)17(20)19-12-14-8-4-3-5-9-14/h3-11,13,16H,12H2,1-2H3,(H,19,20)/t16-/m0/s1. The molecule has 1 atom stereocenters. The van der Waals surface area contributed by atoms with E-state index in [4.69, 9.17) is 0 Å². The van der Waals surface area contributed by atoms with Crippen molar-refractivity contribution in [2.75, 3.05) is 0 Å². The third-order valence-electron chi connectivity index (χ3n) is 3.06. The Bertz CT molecular complexity index is 558. The van der Waals surface area contributed by atoms with E-state index >= 15 is 0 Å². The zero-order chi connectivity index (χ0) is 15.1. The Balaban J connectivity index is 1.96. The summed E-state index contributed by atoms with van der Waals surface area (Å²) >= 11 is 1.52. The third kappa shape index (κ3) is 4.90. The van der Waals surface area contributed by atoms with Gasteiger partial charge in [-0.1, -0.05) is 62.0 Å². The number of hydrogen-bond donors (Lipinski definition) is 1. The minimum absolute atomic E-state index is 0.0597. The number of rotatable bonds is 6. The Hall–Kier alpha value is -1.81. The van der Waals surface area contributed by atoms with Crippen LogP contribution in [0.5, 0.6) is 0 Å². The molecular weight excluding hydrogens is 280 g/mol. The van der Waals surface area contributed by atoms with Gasteiger partial charge in [-0.05, 0) is 23.6 Å². The normalized spacial score (nSPS) is 12.1. The summed E-state index contributed by atoms with van der Waals surface area (Å²) in [5.74, 6) is 0.303. The van der Waals surface area contributed by atoms with Crippen molar-refractivity contribution < 1.29 is 4.79 Å². The SMILES string of the molecule is CC(C)[C@H](Sc1ccccn1)C(=O)NCc1ccccc1. The maximum Gasteiger partial charge on any atom is 0.234 e. The second-order valence-electron chi connectivity index (χ2n) is 5.15. The highest BCUT2D eigenvalue weighted by Crippen LogP contribution is 2.26. The van der Waals surface area contributed by atoms with E-state index in [0.29, 0.717) is 6.54 Å². The second-order valence-corrected chi connectivity index (χ2v) is 6.32. The molecule has 1 N–H and O–H groups in total. The first-order valence-corrected chi connectivity index (χ1v) is 7.94. The predicted molar refractivity (Wildman–Crippen MR) is 87.0 cm³/mol. The van der Waals surface area contributed by atoms with E-state index in [1.165, 1.54) is 11.8 Å². The molecule has 0 bridgehead atoms. The number of carbonyl (C=O) groups is 1. The van der Waals surface area contributed by atoms with E-state index < -0.39 is 0 Å². The third-order valence-corrected chi connectivity index (χ3v) is 4.55. The smallest absolute Gasteiger partial charge is 0.234 e. The minimum Gasteiger partial charge on any atom is -0.351 e. The summed E-state index contributed by atoms with van der Waals surface area (Å²) in [5.41, 5.74) is 1.11. The summed E-state index contributed by atoms with van der Waals surface area (Å²) < 4.78 is 0. The molecule has 1 heterocycles. The fourth-order valence-corrected chi connectivity index (χ4v) is 2.93.